The monoisotopic (exact) mass is 161 g/mol. The number of hydrogen-bond donors (Lipinski definition) is 3. The van der Waals surface area contributed by atoms with Crippen molar-refractivity contribution in [3.63, 3.8) is 0 Å². The van der Waals surface area contributed by atoms with Crippen LogP contribution in [0.15, 0.2) is 0 Å². The lowest BCUT2D eigenvalue weighted by Crippen LogP contribution is -2.41. The SMILES string of the molecule is C[C@@H]1C[C@@H](N)[C@@H](C(O)CO)O1. The summed E-state index contributed by atoms with van der Waals surface area (Å²) in [5, 5.41) is 17.8. The first-order chi connectivity index (χ1) is 5.15. The highest BCUT2D eigenvalue weighted by molar-refractivity contribution is 4.87. The Balaban J connectivity index is 2.45. The van der Waals surface area contributed by atoms with E-state index in [0.717, 1.165) is 6.42 Å². The molecule has 0 radical (unpaired) electrons. The third-order valence-corrected chi connectivity index (χ3v) is 1.98. The zero-order valence-electron chi connectivity index (χ0n) is 6.60. The lowest BCUT2D eigenvalue weighted by atomic mass is 10.1. The average Bonchev–Trinajstić information content (AvgIpc) is 2.28. The molecule has 0 aromatic heterocycles. The summed E-state index contributed by atoms with van der Waals surface area (Å²) >= 11 is 0. The first kappa shape index (κ1) is 8.93. The van der Waals surface area contributed by atoms with Crippen molar-refractivity contribution in [3.8, 4) is 0 Å². The maximum absolute atomic E-state index is 9.19. The molecule has 0 amide bonds. The normalized spacial score (nSPS) is 40.9. The van der Waals surface area contributed by atoms with Crippen LogP contribution < -0.4 is 5.73 Å². The Kier molecular flexibility index (Phi) is 2.84. The highest BCUT2D eigenvalue weighted by atomic mass is 16.5. The molecule has 1 fully saturated rings. The summed E-state index contributed by atoms with van der Waals surface area (Å²) in [6.07, 6.45) is -0.386. The quantitative estimate of drug-likeness (QED) is 0.477. The molecule has 1 heterocycles. The Morgan fingerprint density at radius 1 is 1.73 bits per heavy atom. The van der Waals surface area contributed by atoms with Crippen molar-refractivity contribution in [1.82, 2.24) is 0 Å². The predicted octanol–water partition coefficient (Wildman–Crippen LogP) is -1.16. The van der Waals surface area contributed by atoms with Gasteiger partial charge in [-0.05, 0) is 13.3 Å². The van der Waals surface area contributed by atoms with Gasteiger partial charge in [-0.1, -0.05) is 0 Å². The second kappa shape index (κ2) is 3.49. The molecule has 66 valence electrons. The fourth-order valence-corrected chi connectivity index (χ4v) is 1.42. The second-order valence-electron chi connectivity index (χ2n) is 3.06. The minimum atomic E-state index is -0.838. The minimum absolute atomic E-state index is 0.0937. The third kappa shape index (κ3) is 1.90. The molecule has 0 aliphatic carbocycles. The first-order valence-corrected chi connectivity index (χ1v) is 3.85. The zero-order chi connectivity index (χ0) is 8.43. The molecule has 0 aromatic rings. The molecular formula is C7H15NO3. The van der Waals surface area contributed by atoms with Gasteiger partial charge in [-0.2, -0.15) is 0 Å². The Hall–Kier alpha value is -0.160. The van der Waals surface area contributed by atoms with Crippen molar-refractivity contribution < 1.29 is 14.9 Å². The molecule has 0 bridgehead atoms. The molecule has 1 aliphatic heterocycles. The summed E-state index contributed by atoms with van der Waals surface area (Å²) < 4.78 is 5.29. The Morgan fingerprint density at radius 3 is 2.73 bits per heavy atom. The Bertz CT molecular complexity index is 127. The first-order valence-electron chi connectivity index (χ1n) is 3.85. The molecule has 0 aromatic carbocycles. The number of hydrogen-bond acceptors (Lipinski definition) is 4. The van der Waals surface area contributed by atoms with E-state index in [1.54, 1.807) is 0 Å². The van der Waals surface area contributed by atoms with Crippen LogP contribution in [0.4, 0.5) is 0 Å². The van der Waals surface area contributed by atoms with Crippen molar-refractivity contribution in [2.24, 2.45) is 5.73 Å². The molecule has 1 saturated heterocycles. The molecule has 1 rings (SSSR count). The summed E-state index contributed by atoms with van der Waals surface area (Å²) in [5.41, 5.74) is 5.65. The lowest BCUT2D eigenvalue weighted by molar-refractivity contribution is -0.0529. The molecule has 0 spiro atoms. The number of nitrogens with two attached hydrogens (primary N) is 1. The fourth-order valence-electron chi connectivity index (χ4n) is 1.42. The van der Waals surface area contributed by atoms with Crippen LogP contribution in [0.5, 0.6) is 0 Å². The largest absolute Gasteiger partial charge is 0.394 e. The fraction of sp³-hybridized carbons (Fsp3) is 1.00. The summed E-state index contributed by atoms with van der Waals surface area (Å²) in [6, 6.07) is -0.146. The van der Waals surface area contributed by atoms with E-state index in [1.165, 1.54) is 0 Å². The van der Waals surface area contributed by atoms with Gasteiger partial charge in [-0.25, -0.2) is 0 Å². The summed E-state index contributed by atoms with van der Waals surface area (Å²) in [5.74, 6) is 0. The van der Waals surface area contributed by atoms with E-state index in [1.807, 2.05) is 6.92 Å². The van der Waals surface area contributed by atoms with Crippen LogP contribution in [0.25, 0.3) is 0 Å². The zero-order valence-corrected chi connectivity index (χ0v) is 6.60. The summed E-state index contributed by atoms with van der Waals surface area (Å²) in [7, 11) is 0. The standard InChI is InChI=1S/C7H15NO3/c1-4-2-5(8)7(11-4)6(10)3-9/h4-7,9-10H,2-3,8H2,1H3/t4-,5-,6?,7+/m1/s1. The second-order valence-corrected chi connectivity index (χ2v) is 3.06. The molecule has 1 unspecified atom stereocenters. The molecular weight excluding hydrogens is 146 g/mol. The van der Waals surface area contributed by atoms with Crippen LogP contribution in [0.1, 0.15) is 13.3 Å². The van der Waals surface area contributed by atoms with Crippen LogP contribution in [-0.4, -0.2) is 41.2 Å². The van der Waals surface area contributed by atoms with E-state index in [-0.39, 0.29) is 18.8 Å². The van der Waals surface area contributed by atoms with Crippen molar-refractivity contribution in [2.45, 2.75) is 37.7 Å². The van der Waals surface area contributed by atoms with Gasteiger partial charge in [0.2, 0.25) is 0 Å². The van der Waals surface area contributed by atoms with Gasteiger partial charge < -0.3 is 20.7 Å². The van der Waals surface area contributed by atoms with Crippen molar-refractivity contribution in [2.75, 3.05) is 6.61 Å². The van der Waals surface area contributed by atoms with Gasteiger partial charge in [0.15, 0.2) is 0 Å². The van der Waals surface area contributed by atoms with Gasteiger partial charge >= 0.3 is 0 Å². The van der Waals surface area contributed by atoms with Gasteiger partial charge in [0.1, 0.15) is 12.2 Å². The van der Waals surface area contributed by atoms with Gasteiger partial charge in [0, 0.05) is 6.04 Å². The Morgan fingerprint density at radius 2 is 2.36 bits per heavy atom. The molecule has 11 heavy (non-hydrogen) atoms. The lowest BCUT2D eigenvalue weighted by Gasteiger charge is -2.19. The topological polar surface area (TPSA) is 75.7 Å². The highest BCUT2D eigenvalue weighted by Crippen LogP contribution is 2.20. The van der Waals surface area contributed by atoms with Gasteiger partial charge in [-0.15, -0.1) is 0 Å². The molecule has 4 nitrogen and oxygen atoms in total. The van der Waals surface area contributed by atoms with Crippen molar-refractivity contribution in [3.05, 3.63) is 0 Å². The van der Waals surface area contributed by atoms with E-state index < -0.39 is 12.2 Å². The molecule has 4 N–H and O–H groups in total. The van der Waals surface area contributed by atoms with Crippen LogP contribution >= 0.6 is 0 Å². The van der Waals surface area contributed by atoms with E-state index in [2.05, 4.69) is 0 Å². The smallest absolute Gasteiger partial charge is 0.105 e. The van der Waals surface area contributed by atoms with E-state index in [9.17, 15) is 5.11 Å². The highest BCUT2D eigenvalue weighted by Gasteiger charge is 2.34. The molecule has 4 heteroatoms. The van der Waals surface area contributed by atoms with Crippen LogP contribution in [0.2, 0.25) is 0 Å². The van der Waals surface area contributed by atoms with Crippen LogP contribution in [-0.2, 0) is 4.74 Å². The summed E-state index contributed by atoms with van der Waals surface area (Å²) in [6.45, 7) is 1.62. The molecule has 1 aliphatic rings. The third-order valence-electron chi connectivity index (χ3n) is 1.98. The number of aliphatic hydroxyl groups is 2. The minimum Gasteiger partial charge on any atom is -0.394 e. The molecule has 0 saturated carbocycles. The Labute approximate surface area is 66.0 Å². The number of ether oxygens (including phenoxy) is 1. The maximum Gasteiger partial charge on any atom is 0.105 e. The van der Waals surface area contributed by atoms with Gasteiger partial charge in [0.25, 0.3) is 0 Å². The molecule has 4 atom stereocenters. The van der Waals surface area contributed by atoms with Crippen LogP contribution in [0.3, 0.4) is 0 Å². The maximum atomic E-state index is 9.19. The number of aliphatic hydroxyl groups excluding tert-OH is 2. The van der Waals surface area contributed by atoms with Gasteiger partial charge in [-0.3, -0.25) is 0 Å². The number of rotatable bonds is 2. The summed E-state index contributed by atoms with van der Waals surface area (Å²) in [4.78, 5) is 0. The van der Waals surface area contributed by atoms with E-state index >= 15 is 0 Å². The van der Waals surface area contributed by atoms with E-state index in [4.69, 9.17) is 15.6 Å². The van der Waals surface area contributed by atoms with Crippen molar-refractivity contribution >= 4 is 0 Å². The average molecular weight is 161 g/mol. The van der Waals surface area contributed by atoms with E-state index in [0.29, 0.717) is 0 Å². The predicted molar refractivity (Wildman–Crippen MR) is 40.0 cm³/mol. The van der Waals surface area contributed by atoms with Crippen LogP contribution in [0, 0.1) is 0 Å². The van der Waals surface area contributed by atoms with Crippen molar-refractivity contribution in [1.29, 1.82) is 0 Å². The van der Waals surface area contributed by atoms with Gasteiger partial charge in [0.05, 0.1) is 12.7 Å².